The second kappa shape index (κ2) is 7.53. The lowest BCUT2D eigenvalue weighted by Gasteiger charge is -2.07. The molecule has 0 fully saturated rings. The number of hydrogen-bond acceptors (Lipinski definition) is 4. The summed E-state index contributed by atoms with van der Waals surface area (Å²) in [5.41, 5.74) is 2.71. The van der Waals surface area contributed by atoms with Crippen LogP contribution in [0.2, 0.25) is 0 Å². The highest BCUT2D eigenvalue weighted by atomic mass is 32.1. The molecule has 1 unspecified atom stereocenters. The van der Waals surface area contributed by atoms with E-state index in [0.717, 1.165) is 23.2 Å². The van der Waals surface area contributed by atoms with Crippen molar-refractivity contribution in [2.45, 2.75) is 38.8 Å². The number of hydrogen-bond donors (Lipinski definition) is 1. The molecule has 1 atom stereocenters. The van der Waals surface area contributed by atoms with Gasteiger partial charge in [-0.2, -0.15) is 5.10 Å². The fourth-order valence-electron chi connectivity index (χ4n) is 2.47. The molecule has 0 bridgehead atoms. The molecule has 1 N–H and O–H groups in total. The fourth-order valence-corrected chi connectivity index (χ4v) is 3.30. The van der Waals surface area contributed by atoms with E-state index in [2.05, 4.69) is 22.4 Å². The Balaban J connectivity index is 1.66. The summed E-state index contributed by atoms with van der Waals surface area (Å²) in [5.74, 6) is 0. The molecule has 2 aromatic heterocycles. The molecule has 0 radical (unpaired) electrons. The first-order valence-corrected chi connectivity index (χ1v) is 8.83. The topological polar surface area (TPSA) is 50.9 Å². The molecule has 5 heteroatoms. The summed E-state index contributed by atoms with van der Waals surface area (Å²) < 4.78 is 1.83. The number of aliphatic hydroxyl groups is 1. The summed E-state index contributed by atoms with van der Waals surface area (Å²) in [5, 5.41) is 18.0. The molecule has 2 heterocycles. The van der Waals surface area contributed by atoms with E-state index >= 15 is 0 Å². The number of aromatic nitrogens is 3. The van der Waals surface area contributed by atoms with Crippen LogP contribution in [0.25, 0.3) is 0 Å². The zero-order valence-electron chi connectivity index (χ0n) is 13.2. The third-order valence-corrected chi connectivity index (χ3v) is 4.71. The number of aliphatic hydroxyl groups excluding tert-OH is 1. The normalized spacial score (nSPS) is 12.4. The first kappa shape index (κ1) is 15.9. The quantitative estimate of drug-likeness (QED) is 0.718. The maximum absolute atomic E-state index is 10.4. The molecule has 3 aromatic rings. The van der Waals surface area contributed by atoms with Crippen LogP contribution >= 0.6 is 11.3 Å². The van der Waals surface area contributed by atoms with E-state index in [-0.39, 0.29) is 0 Å². The Labute approximate surface area is 140 Å². The smallest absolute Gasteiger partial charge is 0.107 e. The van der Waals surface area contributed by atoms with Crippen LogP contribution in [0.3, 0.4) is 0 Å². The van der Waals surface area contributed by atoms with Crippen molar-refractivity contribution in [3.05, 3.63) is 69.9 Å². The predicted molar refractivity (Wildman–Crippen MR) is 92.6 cm³/mol. The third kappa shape index (κ3) is 4.06. The van der Waals surface area contributed by atoms with Crippen LogP contribution in [0.15, 0.2) is 48.1 Å². The zero-order chi connectivity index (χ0) is 16.1. The van der Waals surface area contributed by atoms with Crippen molar-refractivity contribution in [2.24, 2.45) is 0 Å². The van der Waals surface area contributed by atoms with Gasteiger partial charge in [0.25, 0.3) is 0 Å². The molecule has 0 aliphatic carbocycles. The molecule has 1 aromatic carbocycles. The molecule has 0 amide bonds. The Morgan fingerprint density at radius 1 is 1.22 bits per heavy atom. The van der Waals surface area contributed by atoms with Crippen molar-refractivity contribution in [1.29, 1.82) is 0 Å². The second-order valence-electron chi connectivity index (χ2n) is 5.62. The summed E-state index contributed by atoms with van der Waals surface area (Å²) >= 11 is 1.72. The Morgan fingerprint density at radius 2 is 2.04 bits per heavy atom. The molecule has 3 rings (SSSR count). The molecule has 120 valence electrons. The number of nitrogens with zero attached hydrogens (tertiary/aromatic N) is 3. The number of rotatable bonds is 7. The van der Waals surface area contributed by atoms with Crippen molar-refractivity contribution in [3.8, 4) is 0 Å². The minimum atomic E-state index is -0.638. The number of aryl methyl sites for hydroxylation is 1. The molecular formula is C18H21N3OS. The molecule has 0 aliphatic heterocycles. The highest BCUT2D eigenvalue weighted by molar-refractivity contribution is 7.09. The van der Waals surface area contributed by atoms with E-state index < -0.39 is 6.10 Å². The van der Waals surface area contributed by atoms with Gasteiger partial charge in [0.2, 0.25) is 0 Å². The van der Waals surface area contributed by atoms with Crippen LogP contribution in [0, 0.1) is 0 Å². The Hall–Kier alpha value is -1.98. The average molecular weight is 327 g/mol. The van der Waals surface area contributed by atoms with Crippen molar-refractivity contribution in [3.63, 3.8) is 0 Å². The molecule has 4 nitrogen and oxygen atoms in total. The summed E-state index contributed by atoms with van der Waals surface area (Å²) in [6.45, 7) is 2.84. The zero-order valence-corrected chi connectivity index (χ0v) is 14.0. The standard InChI is InChI=1S/C18H21N3OS/c1-2-3-9-17-20-16(13-23-17)12-21-11-15(10-19-21)18(22)14-7-5-4-6-8-14/h4-8,10-11,13,18,22H,2-3,9,12H2,1H3. The predicted octanol–water partition coefficient (Wildman–Crippen LogP) is 3.81. The van der Waals surface area contributed by atoms with E-state index in [1.54, 1.807) is 17.5 Å². The van der Waals surface area contributed by atoms with E-state index in [4.69, 9.17) is 0 Å². The van der Waals surface area contributed by atoms with Crippen LogP contribution in [-0.2, 0) is 13.0 Å². The van der Waals surface area contributed by atoms with E-state index in [9.17, 15) is 5.11 Å². The third-order valence-electron chi connectivity index (χ3n) is 3.75. The number of benzene rings is 1. The average Bonchev–Trinajstić information content (AvgIpc) is 3.23. The van der Waals surface area contributed by atoms with Crippen LogP contribution in [0.5, 0.6) is 0 Å². The van der Waals surface area contributed by atoms with Crippen LogP contribution in [0.1, 0.15) is 47.7 Å². The fraction of sp³-hybridized carbons (Fsp3) is 0.333. The van der Waals surface area contributed by atoms with Crippen molar-refractivity contribution in [2.75, 3.05) is 0 Å². The summed E-state index contributed by atoms with van der Waals surface area (Å²) in [6, 6.07) is 9.63. The molecule has 0 spiro atoms. The first-order chi connectivity index (χ1) is 11.3. The minimum Gasteiger partial charge on any atom is -0.384 e. The number of thiazole rings is 1. The highest BCUT2D eigenvalue weighted by Gasteiger charge is 2.12. The van der Waals surface area contributed by atoms with Gasteiger partial charge >= 0.3 is 0 Å². The highest BCUT2D eigenvalue weighted by Crippen LogP contribution is 2.21. The van der Waals surface area contributed by atoms with Crippen LogP contribution < -0.4 is 0 Å². The van der Waals surface area contributed by atoms with Gasteiger partial charge < -0.3 is 5.11 Å². The Kier molecular flexibility index (Phi) is 5.20. The van der Waals surface area contributed by atoms with Gasteiger partial charge in [0.05, 0.1) is 23.4 Å². The van der Waals surface area contributed by atoms with Crippen molar-refractivity contribution in [1.82, 2.24) is 14.8 Å². The first-order valence-electron chi connectivity index (χ1n) is 7.95. The second-order valence-corrected chi connectivity index (χ2v) is 6.56. The maximum atomic E-state index is 10.4. The van der Waals surface area contributed by atoms with E-state index in [1.807, 2.05) is 41.2 Å². The molecular weight excluding hydrogens is 306 g/mol. The van der Waals surface area contributed by atoms with Gasteiger partial charge in [0.15, 0.2) is 0 Å². The monoisotopic (exact) mass is 327 g/mol. The van der Waals surface area contributed by atoms with Crippen molar-refractivity contribution >= 4 is 11.3 Å². The lowest BCUT2D eigenvalue weighted by atomic mass is 10.1. The van der Waals surface area contributed by atoms with Crippen molar-refractivity contribution < 1.29 is 5.11 Å². The van der Waals surface area contributed by atoms with Crippen LogP contribution in [0.4, 0.5) is 0 Å². The Bertz CT molecular complexity index is 736. The number of unbranched alkanes of at least 4 members (excludes halogenated alkanes) is 1. The van der Waals surface area contributed by atoms with Gasteiger partial charge in [0.1, 0.15) is 6.10 Å². The summed E-state index contributed by atoms with van der Waals surface area (Å²) in [6.07, 6.45) is 6.40. The van der Waals surface area contributed by atoms with Crippen LogP contribution in [-0.4, -0.2) is 19.9 Å². The van der Waals surface area contributed by atoms with Gasteiger partial charge in [-0.3, -0.25) is 4.68 Å². The molecule has 23 heavy (non-hydrogen) atoms. The summed E-state index contributed by atoms with van der Waals surface area (Å²) in [7, 11) is 0. The summed E-state index contributed by atoms with van der Waals surface area (Å²) in [4.78, 5) is 4.65. The lowest BCUT2D eigenvalue weighted by molar-refractivity contribution is 0.220. The minimum absolute atomic E-state index is 0.638. The maximum Gasteiger partial charge on any atom is 0.107 e. The molecule has 0 saturated carbocycles. The molecule has 0 saturated heterocycles. The van der Waals surface area contributed by atoms with Gasteiger partial charge in [-0.25, -0.2) is 4.98 Å². The SMILES string of the molecule is CCCCc1nc(Cn2cc(C(O)c3ccccc3)cn2)cs1. The van der Waals surface area contributed by atoms with E-state index in [1.165, 1.54) is 17.8 Å². The van der Waals surface area contributed by atoms with Gasteiger partial charge in [-0.1, -0.05) is 43.7 Å². The molecule has 0 aliphatic rings. The van der Waals surface area contributed by atoms with Gasteiger partial charge in [-0.05, 0) is 18.4 Å². The van der Waals surface area contributed by atoms with E-state index in [0.29, 0.717) is 6.54 Å². The Morgan fingerprint density at radius 3 is 2.83 bits per heavy atom. The lowest BCUT2D eigenvalue weighted by Crippen LogP contribution is -2.01. The van der Waals surface area contributed by atoms with Gasteiger partial charge in [0, 0.05) is 17.1 Å². The van der Waals surface area contributed by atoms with Gasteiger partial charge in [-0.15, -0.1) is 11.3 Å². The largest absolute Gasteiger partial charge is 0.384 e.